The van der Waals surface area contributed by atoms with E-state index in [1.54, 1.807) is 24.3 Å². The van der Waals surface area contributed by atoms with Crippen LogP contribution in [0.25, 0.3) is 34.4 Å². The Balaban J connectivity index is 1.56. The second-order valence-electron chi connectivity index (χ2n) is 14.9. The zero-order chi connectivity index (χ0) is 36.1. The second kappa shape index (κ2) is 14.2. The van der Waals surface area contributed by atoms with Crippen LogP contribution in [0.4, 0.5) is 26.3 Å². The Kier molecular flexibility index (Phi) is 10.5. The summed E-state index contributed by atoms with van der Waals surface area (Å²) in [6, 6.07) is 23.5. The van der Waals surface area contributed by atoms with Crippen LogP contribution in [0.3, 0.4) is 0 Å². The summed E-state index contributed by atoms with van der Waals surface area (Å²) < 4.78 is 86.3. The molecule has 4 aromatic rings. The van der Waals surface area contributed by atoms with Crippen molar-refractivity contribution in [3.8, 4) is 22.3 Å². The molecule has 6 rings (SSSR count). The van der Waals surface area contributed by atoms with E-state index in [0.29, 0.717) is 23.0 Å². The Bertz CT molecular complexity index is 1810. The van der Waals surface area contributed by atoms with Gasteiger partial charge < -0.3 is 0 Å². The van der Waals surface area contributed by atoms with E-state index in [4.69, 9.17) is 0 Å². The van der Waals surface area contributed by atoms with E-state index >= 15 is 0 Å². The zero-order valence-electron chi connectivity index (χ0n) is 29.3. The van der Waals surface area contributed by atoms with Gasteiger partial charge in [0.25, 0.3) is 0 Å². The predicted molar refractivity (Wildman–Crippen MR) is 193 cm³/mol. The third kappa shape index (κ3) is 7.08. The van der Waals surface area contributed by atoms with Crippen LogP contribution in [0.15, 0.2) is 96.1 Å². The number of hydrogen-bond acceptors (Lipinski definition) is 0. The molecule has 2 aliphatic rings. The molecule has 4 aromatic carbocycles. The van der Waals surface area contributed by atoms with Gasteiger partial charge in [-0.1, -0.05) is 0 Å². The molecule has 261 valence electrons. The molecule has 8 heteroatoms. The first-order valence-electron chi connectivity index (χ1n) is 17.4. The number of hydrogen-bond donors (Lipinski definition) is 0. The van der Waals surface area contributed by atoms with E-state index in [-0.39, 0.29) is 18.5 Å². The van der Waals surface area contributed by atoms with E-state index in [0.717, 1.165) is 47.2 Å². The van der Waals surface area contributed by atoms with Crippen LogP contribution in [0.5, 0.6) is 0 Å². The fourth-order valence-corrected chi connectivity index (χ4v) is 40.5. The molecule has 0 saturated carbocycles. The Morgan fingerprint density at radius 2 is 0.900 bits per heavy atom. The van der Waals surface area contributed by atoms with E-state index in [9.17, 15) is 26.3 Å². The van der Waals surface area contributed by atoms with E-state index in [1.807, 2.05) is 24.3 Å². The van der Waals surface area contributed by atoms with Gasteiger partial charge >= 0.3 is 302 Å². The van der Waals surface area contributed by atoms with Crippen LogP contribution in [-0.2, 0) is 33.0 Å². The van der Waals surface area contributed by atoms with Crippen LogP contribution in [0.2, 0.25) is 13.1 Å². The van der Waals surface area contributed by atoms with Gasteiger partial charge in [0.1, 0.15) is 0 Å². The van der Waals surface area contributed by atoms with Gasteiger partial charge in [-0.3, -0.25) is 0 Å². The Hall–Kier alpha value is -2.97. The number of benzene rings is 4. The van der Waals surface area contributed by atoms with Gasteiger partial charge in [0, 0.05) is 0 Å². The van der Waals surface area contributed by atoms with Gasteiger partial charge in [0.2, 0.25) is 0 Å². The number of alkyl halides is 6. The normalized spacial score (nSPS) is 17.3. The van der Waals surface area contributed by atoms with Crippen molar-refractivity contribution in [2.45, 2.75) is 73.3 Å². The van der Waals surface area contributed by atoms with E-state index < -0.39 is 50.1 Å². The zero-order valence-corrected chi connectivity index (χ0v) is 34.1. The van der Waals surface area contributed by atoms with Gasteiger partial charge in [-0.25, -0.2) is 0 Å². The van der Waals surface area contributed by atoms with Crippen molar-refractivity contribution in [2.24, 2.45) is 11.8 Å². The molecule has 0 N–H and O–H groups in total. The SMILES string of the molecule is CC(C)CC1=Cc2c(-c3ccccc3C(F)(F)F)cccc2[CH]1[Hf]([CH]1C(CC(C)C)=Cc2c(-c3ccccc3C(F)(F)F)cccc21)[SiH](C)C. The van der Waals surface area contributed by atoms with Gasteiger partial charge in [-0.2, -0.15) is 0 Å². The van der Waals surface area contributed by atoms with Crippen molar-refractivity contribution < 1.29 is 46.9 Å². The second-order valence-corrected chi connectivity index (χ2v) is 42.8. The number of rotatable bonds is 9. The van der Waals surface area contributed by atoms with Crippen molar-refractivity contribution >= 4 is 18.1 Å². The Labute approximate surface area is 300 Å². The fraction of sp³-hybridized carbons (Fsp3) is 0.333. The molecule has 0 radical (unpaired) electrons. The first kappa shape index (κ1) is 36.8. The maximum absolute atomic E-state index is 14.3. The summed E-state index contributed by atoms with van der Waals surface area (Å²) in [5.41, 5.74) is 7.13. The molecule has 0 nitrogen and oxygen atoms in total. The van der Waals surface area contributed by atoms with Gasteiger partial charge in [-0.05, 0) is 0 Å². The van der Waals surface area contributed by atoms with Crippen molar-refractivity contribution in [2.75, 3.05) is 0 Å². The van der Waals surface area contributed by atoms with Gasteiger partial charge in [0.05, 0.1) is 0 Å². The van der Waals surface area contributed by atoms with Crippen molar-refractivity contribution in [1.82, 2.24) is 0 Å². The molecule has 50 heavy (non-hydrogen) atoms. The molecule has 0 aromatic heterocycles. The first-order chi connectivity index (χ1) is 23.6. The van der Waals surface area contributed by atoms with Crippen molar-refractivity contribution in [3.63, 3.8) is 0 Å². The molecular weight excluding hydrogens is 825 g/mol. The quantitative estimate of drug-likeness (QED) is 0.116. The molecule has 0 spiro atoms. The first-order valence-corrected chi connectivity index (χ1v) is 30.7. The van der Waals surface area contributed by atoms with Gasteiger partial charge in [0.15, 0.2) is 0 Å². The van der Waals surface area contributed by atoms with Crippen LogP contribution in [-0.4, -0.2) is 5.98 Å². The number of halogens is 6. The van der Waals surface area contributed by atoms with Crippen molar-refractivity contribution in [1.29, 1.82) is 0 Å². The predicted octanol–water partition coefficient (Wildman–Crippen LogP) is 13.3. The summed E-state index contributed by atoms with van der Waals surface area (Å²) in [4.78, 5) is 0. The summed E-state index contributed by atoms with van der Waals surface area (Å²) in [6.45, 7) is 13.6. The molecular formula is C42H43F6HfSi. The third-order valence-electron chi connectivity index (χ3n) is 9.97. The average Bonchev–Trinajstić information content (AvgIpc) is 3.57. The van der Waals surface area contributed by atoms with Crippen LogP contribution in [0, 0.1) is 11.8 Å². The average molecular weight is 868 g/mol. The van der Waals surface area contributed by atoms with Crippen molar-refractivity contribution in [3.05, 3.63) is 129 Å². The minimum atomic E-state index is -4.48. The monoisotopic (exact) mass is 869 g/mol. The summed E-state index contributed by atoms with van der Waals surface area (Å²) in [7, 11) is 0. The molecule has 0 amide bonds. The van der Waals surface area contributed by atoms with Crippen LogP contribution < -0.4 is 0 Å². The van der Waals surface area contributed by atoms with Gasteiger partial charge in [-0.15, -0.1) is 0 Å². The molecule has 0 bridgehead atoms. The molecule has 0 fully saturated rings. The minimum absolute atomic E-state index is 0.194. The third-order valence-corrected chi connectivity index (χ3v) is 40.8. The summed E-state index contributed by atoms with van der Waals surface area (Å²) in [5, 5.41) is 0. The summed E-state index contributed by atoms with van der Waals surface area (Å²) in [6.07, 6.45) is -2.83. The number of fused-ring (bicyclic) bond motifs is 2. The molecule has 2 unspecified atom stereocenters. The van der Waals surface area contributed by atoms with E-state index in [1.165, 1.54) is 23.3 Å². The fourth-order valence-electron chi connectivity index (χ4n) is 8.25. The van der Waals surface area contributed by atoms with Crippen LogP contribution in [0.1, 0.15) is 81.3 Å². The molecule has 2 aliphatic carbocycles. The molecule has 0 saturated heterocycles. The Morgan fingerprint density at radius 1 is 0.540 bits per heavy atom. The number of allylic oxidation sites excluding steroid dienone is 2. The van der Waals surface area contributed by atoms with E-state index in [2.05, 4.69) is 65.1 Å². The summed E-state index contributed by atoms with van der Waals surface area (Å²) >= 11 is -2.96. The van der Waals surface area contributed by atoms with Crippen LogP contribution >= 0.6 is 0 Å². The summed E-state index contributed by atoms with van der Waals surface area (Å²) in [5.74, 6) is -0.642. The molecule has 0 heterocycles. The maximum atomic E-state index is 14.3. The Morgan fingerprint density at radius 3 is 1.24 bits per heavy atom. The standard InChI is InChI=1S/2C20H18F3.C2H7Si.Hf/c2*1-13(2)10-14-11-15-6-5-8-16(18(15)12-14)17-7-3-4-9-19(17)20(21,22)23;1-3-2;/h2*3-9,11-13H,10H2,1-2H3;3H,1-2H3;. The molecule has 0 aliphatic heterocycles. The molecule has 2 atom stereocenters. The topological polar surface area (TPSA) is 0 Å².